The molecular weight excluding hydrogens is 190 g/mol. The molecule has 0 saturated carbocycles. The molecule has 0 radical (unpaired) electrons. The number of nitrogen functional groups attached to an aromatic ring is 1. The molecule has 0 unspecified atom stereocenters. The Morgan fingerprint density at radius 2 is 2.13 bits per heavy atom. The van der Waals surface area contributed by atoms with Crippen LogP contribution in [0.1, 0.15) is 24.5 Å². The molecule has 0 spiro atoms. The van der Waals surface area contributed by atoms with Gasteiger partial charge in [-0.25, -0.2) is 4.98 Å². The summed E-state index contributed by atoms with van der Waals surface area (Å²) in [6, 6.07) is 3.89. The van der Waals surface area contributed by atoms with Gasteiger partial charge in [0.05, 0.1) is 12.8 Å². The first kappa shape index (κ1) is 10.2. The van der Waals surface area contributed by atoms with Crippen molar-refractivity contribution in [2.45, 2.75) is 18.8 Å². The lowest BCUT2D eigenvalue weighted by Gasteiger charge is -2.22. The first-order chi connectivity index (χ1) is 7.31. The Hall–Kier alpha value is -1.29. The molecule has 0 atom stereocenters. The van der Waals surface area contributed by atoms with Crippen molar-refractivity contribution in [1.82, 2.24) is 10.3 Å². The molecule has 0 aromatic carbocycles. The van der Waals surface area contributed by atoms with Crippen LogP contribution in [0.2, 0.25) is 0 Å². The average molecular weight is 207 g/mol. The number of hydrogen-bond acceptors (Lipinski definition) is 4. The summed E-state index contributed by atoms with van der Waals surface area (Å²) in [6.07, 6.45) is 2.28. The number of nitrogens with zero attached hydrogens (tertiary/aromatic N) is 1. The molecule has 1 aromatic rings. The number of methoxy groups -OCH3 is 1. The van der Waals surface area contributed by atoms with Gasteiger partial charge in [0.25, 0.3) is 0 Å². The van der Waals surface area contributed by atoms with Crippen molar-refractivity contribution < 1.29 is 4.74 Å². The van der Waals surface area contributed by atoms with Crippen molar-refractivity contribution >= 4 is 5.69 Å². The maximum Gasteiger partial charge on any atom is 0.237 e. The summed E-state index contributed by atoms with van der Waals surface area (Å²) in [5, 5.41) is 3.34. The van der Waals surface area contributed by atoms with Gasteiger partial charge < -0.3 is 15.8 Å². The lowest BCUT2D eigenvalue weighted by Crippen LogP contribution is -2.27. The molecule has 2 heterocycles. The minimum absolute atomic E-state index is 0.542. The highest BCUT2D eigenvalue weighted by Crippen LogP contribution is 2.27. The van der Waals surface area contributed by atoms with Crippen molar-refractivity contribution in [3.63, 3.8) is 0 Å². The van der Waals surface area contributed by atoms with Gasteiger partial charge in [0, 0.05) is 11.6 Å². The van der Waals surface area contributed by atoms with Gasteiger partial charge in [-0.3, -0.25) is 0 Å². The van der Waals surface area contributed by atoms with Gasteiger partial charge in [0.1, 0.15) is 0 Å². The van der Waals surface area contributed by atoms with Crippen LogP contribution in [0.25, 0.3) is 0 Å². The van der Waals surface area contributed by atoms with Gasteiger partial charge in [-0.05, 0) is 38.1 Å². The van der Waals surface area contributed by atoms with Gasteiger partial charge in [-0.1, -0.05) is 0 Å². The van der Waals surface area contributed by atoms with E-state index in [4.69, 9.17) is 10.5 Å². The number of aromatic nitrogens is 1. The lowest BCUT2D eigenvalue weighted by molar-refractivity contribution is 0.392. The highest BCUT2D eigenvalue weighted by molar-refractivity contribution is 5.48. The zero-order chi connectivity index (χ0) is 10.7. The molecule has 0 aliphatic carbocycles. The molecule has 4 nitrogen and oxygen atoms in total. The van der Waals surface area contributed by atoms with E-state index in [1.54, 1.807) is 7.11 Å². The molecule has 3 N–H and O–H groups in total. The largest absolute Gasteiger partial charge is 0.480 e. The van der Waals surface area contributed by atoms with E-state index in [0.29, 0.717) is 17.5 Å². The molecule has 1 aliphatic rings. The number of piperidine rings is 1. The van der Waals surface area contributed by atoms with Crippen molar-refractivity contribution in [2.24, 2.45) is 0 Å². The van der Waals surface area contributed by atoms with E-state index in [2.05, 4.69) is 10.3 Å². The van der Waals surface area contributed by atoms with Crippen LogP contribution in [-0.2, 0) is 0 Å². The number of pyridine rings is 1. The molecular formula is C11H17N3O. The standard InChI is InChI=1S/C11H17N3O/c1-15-11-9(12)2-3-10(14-11)8-4-6-13-7-5-8/h2-3,8,13H,4-7,12H2,1H3. The summed E-state index contributed by atoms with van der Waals surface area (Å²) in [5.41, 5.74) is 7.44. The average Bonchev–Trinajstić information content (AvgIpc) is 2.31. The summed E-state index contributed by atoms with van der Waals surface area (Å²) in [7, 11) is 1.60. The highest BCUT2D eigenvalue weighted by atomic mass is 16.5. The smallest absolute Gasteiger partial charge is 0.237 e. The van der Waals surface area contributed by atoms with Crippen LogP contribution in [0.5, 0.6) is 5.88 Å². The van der Waals surface area contributed by atoms with Crippen LogP contribution in [0.15, 0.2) is 12.1 Å². The molecule has 1 aliphatic heterocycles. The Labute approximate surface area is 89.8 Å². The predicted molar refractivity (Wildman–Crippen MR) is 60.0 cm³/mol. The zero-order valence-corrected chi connectivity index (χ0v) is 8.99. The van der Waals surface area contributed by atoms with E-state index in [9.17, 15) is 0 Å². The van der Waals surface area contributed by atoms with Crippen molar-refractivity contribution in [3.05, 3.63) is 17.8 Å². The molecule has 0 bridgehead atoms. The molecule has 1 saturated heterocycles. The second-order valence-electron chi connectivity index (χ2n) is 3.86. The van der Waals surface area contributed by atoms with E-state index in [-0.39, 0.29) is 0 Å². The van der Waals surface area contributed by atoms with Crippen LogP contribution in [-0.4, -0.2) is 25.2 Å². The minimum atomic E-state index is 0.542. The molecule has 4 heteroatoms. The van der Waals surface area contributed by atoms with Crippen LogP contribution in [0, 0.1) is 0 Å². The number of nitrogens with one attached hydrogen (secondary N) is 1. The molecule has 0 amide bonds. The third-order valence-electron chi connectivity index (χ3n) is 2.86. The normalized spacial score (nSPS) is 17.7. The number of rotatable bonds is 2. The SMILES string of the molecule is COc1nc(C2CCNCC2)ccc1N. The highest BCUT2D eigenvalue weighted by Gasteiger charge is 2.17. The summed E-state index contributed by atoms with van der Waals surface area (Å²) in [4.78, 5) is 4.44. The fraction of sp³-hybridized carbons (Fsp3) is 0.545. The number of ether oxygens (including phenoxy) is 1. The maximum absolute atomic E-state index is 5.73. The number of hydrogen-bond donors (Lipinski definition) is 2. The van der Waals surface area contributed by atoms with E-state index in [0.717, 1.165) is 31.6 Å². The van der Waals surface area contributed by atoms with E-state index in [1.807, 2.05) is 12.1 Å². The number of nitrogens with two attached hydrogens (primary N) is 1. The Balaban J connectivity index is 2.20. The van der Waals surface area contributed by atoms with Crippen molar-refractivity contribution in [2.75, 3.05) is 25.9 Å². The second-order valence-corrected chi connectivity index (χ2v) is 3.86. The van der Waals surface area contributed by atoms with Gasteiger partial charge in [0.2, 0.25) is 5.88 Å². The third-order valence-corrected chi connectivity index (χ3v) is 2.86. The Morgan fingerprint density at radius 3 is 2.80 bits per heavy atom. The number of anilines is 1. The van der Waals surface area contributed by atoms with E-state index in [1.165, 1.54) is 0 Å². The van der Waals surface area contributed by atoms with Gasteiger partial charge in [-0.15, -0.1) is 0 Å². The molecule has 82 valence electrons. The summed E-state index contributed by atoms with van der Waals surface area (Å²) >= 11 is 0. The van der Waals surface area contributed by atoms with E-state index >= 15 is 0 Å². The maximum atomic E-state index is 5.73. The van der Waals surface area contributed by atoms with Gasteiger partial charge >= 0.3 is 0 Å². The first-order valence-electron chi connectivity index (χ1n) is 5.32. The van der Waals surface area contributed by atoms with Crippen molar-refractivity contribution in [3.8, 4) is 5.88 Å². The van der Waals surface area contributed by atoms with Crippen LogP contribution in [0.3, 0.4) is 0 Å². The third kappa shape index (κ3) is 2.21. The molecule has 15 heavy (non-hydrogen) atoms. The minimum Gasteiger partial charge on any atom is -0.480 e. The van der Waals surface area contributed by atoms with Crippen LogP contribution in [0.4, 0.5) is 5.69 Å². The lowest BCUT2D eigenvalue weighted by atomic mass is 9.94. The van der Waals surface area contributed by atoms with E-state index < -0.39 is 0 Å². The zero-order valence-electron chi connectivity index (χ0n) is 8.99. The van der Waals surface area contributed by atoms with Gasteiger partial charge in [-0.2, -0.15) is 0 Å². The van der Waals surface area contributed by atoms with Crippen LogP contribution < -0.4 is 15.8 Å². The second kappa shape index (κ2) is 4.49. The fourth-order valence-electron chi connectivity index (χ4n) is 1.97. The summed E-state index contributed by atoms with van der Waals surface area (Å²) in [5.74, 6) is 1.09. The van der Waals surface area contributed by atoms with Crippen LogP contribution >= 0.6 is 0 Å². The van der Waals surface area contributed by atoms with Crippen molar-refractivity contribution in [1.29, 1.82) is 0 Å². The fourth-order valence-corrected chi connectivity index (χ4v) is 1.97. The Bertz CT molecular complexity index is 335. The van der Waals surface area contributed by atoms with Gasteiger partial charge in [0.15, 0.2) is 0 Å². The topological polar surface area (TPSA) is 60.2 Å². The summed E-state index contributed by atoms with van der Waals surface area (Å²) in [6.45, 7) is 2.14. The molecule has 1 aromatic heterocycles. The Morgan fingerprint density at radius 1 is 1.40 bits per heavy atom. The Kier molecular flexibility index (Phi) is 3.06. The molecule has 2 rings (SSSR count). The first-order valence-corrected chi connectivity index (χ1v) is 5.32. The molecule has 1 fully saturated rings. The monoisotopic (exact) mass is 207 g/mol. The summed E-state index contributed by atoms with van der Waals surface area (Å²) < 4.78 is 5.12. The quantitative estimate of drug-likeness (QED) is 0.763. The predicted octanol–water partition coefficient (Wildman–Crippen LogP) is 1.14.